The number of anilines is 1. The van der Waals surface area contributed by atoms with Crippen LogP contribution in [-0.4, -0.2) is 17.3 Å². The molecule has 1 unspecified atom stereocenters. The Morgan fingerprint density at radius 2 is 1.80 bits per heavy atom. The SMILES string of the molecule is CC1=CN=C2C(=O)C(c3ccc(N)cc3)=N[N+]12c1ccc(F)cc1F. The Labute approximate surface area is 142 Å². The summed E-state index contributed by atoms with van der Waals surface area (Å²) in [6.07, 6.45) is 1.47. The summed E-state index contributed by atoms with van der Waals surface area (Å²) in [7, 11) is 0. The van der Waals surface area contributed by atoms with Gasteiger partial charge in [0.15, 0.2) is 17.2 Å². The average Bonchev–Trinajstić information content (AvgIpc) is 3.05. The first-order valence-corrected chi connectivity index (χ1v) is 7.55. The van der Waals surface area contributed by atoms with Gasteiger partial charge in [0.05, 0.1) is 6.20 Å². The molecule has 124 valence electrons. The molecular formula is C18H13F2N4O+. The van der Waals surface area contributed by atoms with Crippen LogP contribution in [-0.2, 0) is 4.79 Å². The molecule has 0 saturated carbocycles. The fourth-order valence-corrected chi connectivity index (χ4v) is 3.05. The van der Waals surface area contributed by atoms with E-state index in [1.54, 1.807) is 31.2 Å². The van der Waals surface area contributed by atoms with E-state index in [9.17, 15) is 13.6 Å². The van der Waals surface area contributed by atoms with Gasteiger partial charge in [-0.2, -0.15) is 4.99 Å². The number of fused-ring (bicyclic) bond motifs is 1. The van der Waals surface area contributed by atoms with Gasteiger partial charge in [0.25, 0.3) is 5.78 Å². The van der Waals surface area contributed by atoms with E-state index in [1.807, 2.05) is 0 Å². The van der Waals surface area contributed by atoms with Crippen molar-refractivity contribution in [2.75, 3.05) is 5.73 Å². The van der Waals surface area contributed by atoms with Crippen LogP contribution in [0.5, 0.6) is 0 Å². The Morgan fingerprint density at radius 3 is 2.48 bits per heavy atom. The minimum atomic E-state index is -0.794. The Balaban J connectivity index is 1.95. The summed E-state index contributed by atoms with van der Waals surface area (Å²) in [5.74, 6) is -1.83. The van der Waals surface area contributed by atoms with E-state index in [-0.39, 0.29) is 17.2 Å². The zero-order valence-corrected chi connectivity index (χ0v) is 13.2. The molecule has 2 aromatic rings. The van der Waals surface area contributed by atoms with Gasteiger partial charge in [-0.3, -0.25) is 4.79 Å². The first-order valence-electron chi connectivity index (χ1n) is 7.55. The zero-order valence-electron chi connectivity index (χ0n) is 13.2. The quantitative estimate of drug-likeness (QED) is 0.675. The van der Waals surface area contributed by atoms with Crippen molar-refractivity contribution in [2.45, 2.75) is 6.92 Å². The maximum Gasteiger partial charge on any atom is 0.315 e. The van der Waals surface area contributed by atoms with Crippen LogP contribution in [0.25, 0.3) is 0 Å². The van der Waals surface area contributed by atoms with Crippen molar-refractivity contribution in [1.29, 1.82) is 0 Å². The van der Waals surface area contributed by atoms with Crippen LogP contribution in [0, 0.1) is 11.6 Å². The van der Waals surface area contributed by atoms with Crippen LogP contribution in [0.2, 0.25) is 0 Å². The normalized spacial score (nSPS) is 21.7. The van der Waals surface area contributed by atoms with Gasteiger partial charge in [0, 0.05) is 30.3 Å². The third-order valence-electron chi connectivity index (χ3n) is 4.30. The second-order valence-corrected chi connectivity index (χ2v) is 5.85. The molecule has 0 saturated heterocycles. The Hall–Kier alpha value is -3.19. The highest BCUT2D eigenvalue weighted by Crippen LogP contribution is 2.40. The van der Waals surface area contributed by atoms with Gasteiger partial charge in [-0.25, -0.2) is 8.78 Å². The number of halogens is 2. The van der Waals surface area contributed by atoms with Gasteiger partial charge in [-0.15, -0.1) is 0 Å². The standard InChI is InChI=1S/C18H13F2N4O/c1-10-9-22-18-17(25)16(11-2-5-13(21)6-3-11)23-24(10,18)15-7-4-12(19)8-14(15)20/h2-9H,21H2,1H3/q+1. The molecule has 0 amide bonds. The number of benzene rings is 2. The summed E-state index contributed by atoms with van der Waals surface area (Å²) in [5, 5.41) is 4.51. The fourth-order valence-electron chi connectivity index (χ4n) is 3.05. The lowest BCUT2D eigenvalue weighted by molar-refractivity contribution is -0.107. The molecule has 4 rings (SSSR count). The lowest BCUT2D eigenvalue weighted by Crippen LogP contribution is -2.45. The number of hydrogen-bond donors (Lipinski definition) is 1. The molecule has 0 bridgehead atoms. The van der Waals surface area contributed by atoms with Crippen LogP contribution < -0.4 is 10.3 Å². The van der Waals surface area contributed by atoms with Gasteiger partial charge in [0.2, 0.25) is 5.69 Å². The van der Waals surface area contributed by atoms with E-state index in [2.05, 4.69) is 10.1 Å². The van der Waals surface area contributed by atoms with E-state index < -0.39 is 22.0 Å². The molecule has 0 radical (unpaired) electrons. The molecule has 1 atom stereocenters. The number of carbonyl (C=O) groups excluding carboxylic acids is 1. The summed E-state index contributed by atoms with van der Waals surface area (Å²) in [6.45, 7) is 1.70. The number of rotatable bonds is 2. The third-order valence-corrected chi connectivity index (χ3v) is 4.30. The number of nitrogens with two attached hydrogens (primary N) is 1. The van der Waals surface area contributed by atoms with Gasteiger partial charge >= 0.3 is 5.84 Å². The molecule has 2 aliphatic rings. The van der Waals surface area contributed by atoms with Crippen molar-refractivity contribution in [3.05, 3.63) is 71.6 Å². The van der Waals surface area contributed by atoms with Crippen LogP contribution >= 0.6 is 0 Å². The molecule has 2 aromatic carbocycles. The first kappa shape index (κ1) is 15.3. The van der Waals surface area contributed by atoms with Crippen molar-refractivity contribution < 1.29 is 13.6 Å². The lowest BCUT2D eigenvalue weighted by Gasteiger charge is -2.23. The number of nitrogen functional groups attached to an aromatic ring is 1. The van der Waals surface area contributed by atoms with Crippen molar-refractivity contribution in [2.24, 2.45) is 10.1 Å². The third kappa shape index (κ3) is 2.06. The molecule has 0 fully saturated rings. The lowest BCUT2D eigenvalue weighted by atomic mass is 10.1. The number of hydrogen-bond acceptors (Lipinski definition) is 4. The highest BCUT2D eigenvalue weighted by atomic mass is 19.1. The molecule has 2 N–H and O–H groups in total. The van der Waals surface area contributed by atoms with E-state index in [0.717, 1.165) is 12.1 Å². The molecule has 2 aliphatic heterocycles. The number of carbonyl (C=O) groups is 1. The second-order valence-electron chi connectivity index (χ2n) is 5.85. The topological polar surface area (TPSA) is 67.8 Å². The van der Waals surface area contributed by atoms with Crippen molar-refractivity contribution in [3.63, 3.8) is 0 Å². The van der Waals surface area contributed by atoms with Crippen molar-refractivity contribution in [1.82, 2.24) is 4.59 Å². The first-order chi connectivity index (χ1) is 11.9. The number of quaternary nitrogens is 1. The minimum Gasteiger partial charge on any atom is -0.399 e. The van der Waals surface area contributed by atoms with Crippen LogP contribution in [0.3, 0.4) is 0 Å². The maximum atomic E-state index is 14.5. The Bertz CT molecular complexity index is 1010. The van der Waals surface area contributed by atoms with E-state index in [0.29, 0.717) is 16.9 Å². The second kappa shape index (κ2) is 5.15. The number of Topliss-reactive ketones (excluding diaryl/α,β-unsaturated/α-hetero) is 1. The van der Waals surface area contributed by atoms with Crippen molar-refractivity contribution in [3.8, 4) is 0 Å². The Kier molecular flexibility index (Phi) is 3.16. The summed E-state index contributed by atoms with van der Waals surface area (Å²) in [6, 6.07) is 9.84. The fraction of sp³-hybridized carbons (Fsp3) is 0.0556. The van der Waals surface area contributed by atoms with Crippen molar-refractivity contribution >= 4 is 28.7 Å². The molecule has 0 aliphatic carbocycles. The molecule has 7 heteroatoms. The molecular weight excluding hydrogens is 326 g/mol. The smallest absolute Gasteiger partial charge is 0.315 e. The highest BCUT2D eigenvalue weighted by molar-refractivity contribution is 6.73. The summed E-state index contributed by atoms with van der Waals surface area (Å²) in [4.78, 5) is 17.0. The molecule has 2 heterocycles. The van der Waals surface area contributed by atoms with Crippen LogP contribution in [0.15, 0.2) is 64.5 Å². The summed E-state index contributed by atoms with van der Waals surface area (Å²) >= 11 is 0. The summed E-state index contributed by atoms with van der Waals surface area (Å²) < 4.78 is 27.3. The highest BCUT2D eigenvalue weighted by Gasteiger charge is 2.56. The Morgan fingerprint density at radius 1 is 1.08 bits per heavy atom. The number of ketones is 1. The van der Waals surface area contributed by atoms with E-state index in [1.165, 1.54) is 12.3 Å². The number of aliphatic imine (C=N–C) groups is 1. The van der Waals surface area contributed by atoms with Gasteiger partial charge in [0.1, 0.15) is 5.82 Å². The molecule has 0 spiro atoms. The predicted octanol–water partition coefficient (Wildman–Crippen LogP) is 3.11. The zero-order chi connectivity index (χ0) is 17.8. The summed E-state index contributed by atoms with van der Waals surface area (Å²) in [5.41, 5.74) is 7.54. The molecule has 25 heavy (non-hydrogen) atoms. The number of nitrogens with zero attached hydrogens (tertiary/aromatic N) is 3. The predicted molar refractivity (Wildman–Crippen MR) is 91.7 cm³/mol. The van der Waals surface area contributed by atoms with Gasteiger partial charge < -0.3 is 5.73 Å². The molecule has 5 nitrogen and oxygen atoms in total. The van der Waals surface area contributed by atoms with Gasteiger partial charge in [-0.1, -0.05) is 21.8 Å². The maximum absolute atomic E-state index is 14.5. The minimum absolute atomic E-state index is 0.0465. The van der Waals surface area contributed by atoms with Crippen LogP contribution in [0.1, 0.15) is 12.5 Å². The molecule has 0 aromatic heterocycles. The van der Waals surface area contributed by atoms with E-state index in [4.69, 9.17) is 5.73 Å². The number of amidine groups is 1. The van der Waals surface area contributed by atoms with Gasteiger partial charge in [-0.05, 0) is 18.2 Å². The average molecular weight is 339 g/mol. The number of allylic oxidation sites excluding steroid dienone is 1. The monoisotopic (exact) mass is 339 g/mol. The van der Waals surface area contributed by atoms with E-state index >= 15 is 0 Å². The van der Waals surface area contributed by atoms with Crippen LogP contribution in [0.4, 0.5) is 20.2 Å². The largest absolute Gasteiger partial charge is 0.399 e.